The molecule has 1 aliphatic heterocycles. The zero-order valence-electron chi connectivity index (χ0n) is 14.0. The number of fused-ring (bicyclic) bond motifs is 1. The second-order valence-electron chi connectivity index (χ2n) is 5.95. The van der Waals surface area contributed by atoms with Crippen molar-refractivity contribution in [3.63, 3.8) is 0 Å². The maximum absolute atomic E-state index is 12.3. The normalized spacial score (nSPS) is 17.4. The van der Waals surface area contributed by atoms with Crippen molar-refractivity contribution in [1.82, 2.24) is 0 Å². The molecular formula is C21H22O2Te. The van der Waals surface area contributed by atoms with E-state index >= 15 is 0 Å². The van der Waals surface area contributed by atoms with Gasteiger partial charge in [0, 0.05) is 0 Å². The molecule has 0 amide bonds. The molecule has 0 N–H and O–H groups in total. The van der Waals surface area contributed by atoms with E-state index in [9.17, 15) is 4.79 Å². The fourth-order valence-electron chi connectivity index (χ4n) is 2.99. The molecule has 124 valence electrons. The van der Waals surface area contributed by atoms with E-state index in [-0.39, 0.29) is 12.1 Å². The molecule has 1 heterocycles. The van der Waals surface area contributed by atoms with Crippen molar-refractivity contribution in [2.45, 2.75) is 38.7 Å². The number of hydrogen-bond acceptors (Lipinski definition) is 2. The number of carbonyl (C=O) groups is 1. The van der Waals surface area contributed by atoms with Crippen LogP contribution in [0.3, 0.4) is 0 Å². The standard InChI is InChI=1S/C21H22O2Te/c1-3-5-13-18-20(17(9-4-2)21(22)23-18)24-19-14-8-11-15-10-6-7-12-16(15)19/h4,6-8,10-12,14,18H,2-3,5,9,13H2,1H3. The van der Waals surface area contributed by atoms with Gasteiger partial charge in [-0.2, -0.15) is 0 Å². The third-order valence-electron chi connectivity index (χ3n) is 4.22. The minimum absolute atomic E-state index is 0.0197. The second-order valence-corrected chi connectivity index (χ2v) is 9.04. The molecule has 1 unspecified atom stereocenters. The second kappa shape index (κ2) is 8.01. The molecule has 0 aliphatic carbocycles. The fourth-order valence-corrected chi connectivity index (χ4v) is 6.60. The maximum atomic E-state index is 12.3. The summed E-state index contributed by atoms with van der Waals surface area (Å²) in [5.74, 6) is -0.128. The van der Waals surface area contributed by atoms with Crippen molar-refractivity contribution < 1.29 is 9.53 Å². The van der Waals surface area contributed by atoms with Crippen molar-refractivity contribution >= 4 is 41.3 Å². The van der Waals surface area contributed by atoms with E-state index in [1.165, 1.54) is 18.0 Å². The Balaban J connectivity index is 1.99. The number of ether oxygens (including phenoxy) is 1. The predicted molar refractivity (Wildman–Crippen MR) is 101 cm³/mol. The summed E-state index contributed by atoms with van der Waals surface area (Å²) in [6, 6.07) is 15.0. The average molecular weight is 434 g/mol. The number of benzene rings is 2. The van der Waals surface area contributed by atoms with E-state index in [1.807, 2.05) is 6.08 Å². The van der Waals surface area contributed by atoms with E-state index in [1.54, 1.807) is 0 Å². The summed E-state index contributed by atoms with van der Waals surface area (Å²) < 4.78 is 8.35. The number of esters is 1. The summed E-state index contributed by atoms with van der Waals surface area (Å²) in [7, 11) is 0. The van der Waals surface area contributed by atoms with Gasteiger partial charge in [-0.1, -0.05) is 0 Å². The Labute approximate surface area is 153 Å². The van der Waals surface area contributed by atoms with Crippen LogP contribution in [-0.4, -0.2) is 33.0 Å². The average Bonchev–Trinajstić information content (AvgIpc) is 2.89. The molecule has 2 aromatic rings. The molecule has 0 saturated carbocycles. The predicted octanol–water partition coefficient (Wildman–Crippen LogP) is 4.12. The quantitative estimate of drug-likeness (QED) is 0.373. The van der Waals surface area contributed by atoms with Crippen LogP contribution >= 0.6 is 0 Å². The Bertz CT molecular complexity index is 786. The van der Waals surface area contributed by atoms with Gasteiger partial charge in [0.1, 0.15) is 0 Å². The van der Waals surface area contributed by atoms with Gasteiger partial charge >= 0.3 is 154 Å². The first kappa shape index (κ1) is 17.3. The summed E-state index contributed by atoms with van der Waals surface area (Å²) in [5, 5.41) is 2.57. The molecular weight excluding hydrogens is 412 g/mol. The molecule has 2 aromatic carbocycles. The van der Waals surface area contributed by atoms with Crippen molar-refractivity contribution in [1.29, 1.82) is 0 Å². The summed E-state index contributed by atoms with van der Waals surface area (Å²) in [5.41, 5.74) is 0.862. The van der Waals surface area contributed by atoms with Crippen LogP contribution in [0, 0.1) is 0 Å². The molecule has 1 aliphatic rings. The van der Waals surface area contributed by atoms with E-state index in [2.05, 4.69) is 56.0 Å². The van der Waals surface area contributed by atoms with Crippen molar-refractivity contribution in [3.05, 3.63) is 64.3 Å². The van der Waals surface area contributed by atoms with Gasteiger partial charge in [-0.05, 0) is 0 Å². The molecule has 0 aromatic heterocycles. The first-order valence-corrected chi connectivity index (χ1v) is 10.8. The number of allylic oxidation sites excluding steroid dienone is 1. The Morgan fingerprint density at radius 2 is 2.00 bits per heavy atom. The van der Waals surface area contributed by atoms with Crippen molar-refractivity contribution in [3.8, 4) is 0 Å². The van der Waals surface area contributed by atoms with Crippen LogP contribution in [0.5, 0.6) is 0 Å². The molecule has 0 saturated heterocycles. The van der Waals surface area contributed by atoms with Crippen molar-refractivity contribution in [2.75, 3.05) is 0 Å². The summed E-state index contributed by atoms with van der Waals surface area (Å²) >= 11 is -0.649. The van der Waals surface area contributed by atoms with E-state index in [4.69, 9.17) is 4.74 Å². The van der Waals surface area contributed by atoms with Crippen LogP contribution in [0.2, 0.25) is 0 Å². The number of hydrogen-bond donors (Lipinski definition) is 0. The Kier molecular flexibility index (Phi) is 5.76. The number of rotatable bonds is 7. The summed E-state index contributed by atoms with van der Waals surface area (Å²) in [6.45, 7) is 5.98. The third kappa shape index (κ3) is 3.58. The van der Waals surface area contributed by atoms with Gasteiger partial charge in [-0.3, -0.25) is 0 Å². The summed E-state index contributed by atoms with van der Waals surface area (Å²) in [6.07, 6.45) is 5.56. The van der Waals surface area contributed by atoms with Gasteiger partial charge in [0.05, 0.1) is 0 Å². The van der Waals surface area contributed by atoms with Crippen LogP contribution < -0.4 is 3.61 Å². The molecule has 3 rings (SSSR count). The molecule has 24 heavy (non-hydrogen) atoms. The molecule has 0 radical (unpaired) electrons. The zero-order chi connectivity index (χ0) is 16.9. The summed E-state index contributed by atoms with van der Waals surface area (Å²) in [4.78, 5) is 12.3. The molecule has 0 spiro atoms. The zero-order valence-corrected chi connectivity index (χ0v) is 16.3. The fraction of sp³-hybridized carbons (Fsp3) is 0.286. The molecule has 2 nitrogen and oxygen atoms in total. The number of carbonyl (C=O) groups excluding carboxylic acids is 1. The third-order valence-corrected chi connectivity index (χ3v) is 7.95. The first-order chi connectivity index (χ1) is 11.7. The van der Waals surface area contributed by atoms with Crippen molar-refractivity contribution in [2.24, 2.45) is 0 Å². The van der Waals surface area contributed by atoms with Gasteiger partial charge in [0.15, 0.2) is 0 Å². The van der Waals surface area contributed by atoms with Crippen LogP contribution in [-0.2, 0) is 9.53 Å². The van der Waals surface area contributed by atoms with Gasteiger partial charge in [0.25, 0.3) is 0 Å². The number of unbranched alkanes of at least 4 members (excludes halogenated alkanes) is 1. The molecule has 1 atom stereocenters. The van der Waals surface area contributed by atoms with E-state index in [0.717, 1.165) is 24.8 Å². The van der Waals surface area contributed by atoms with E-state index < -0.39 is 20.9 Å². The van der Waals surface area contributed by atoms with E-state index in [0.29, 0.717) is 6.42 Å². The SMILES string of the molecule is C=CCC1=C([Te]c2cccc3ccccc23)C(CCCC)OC1=O. The Morgan fingerprint density at radius 3 is 2.79 bits per heavy atom. The van der Waals surface area contributed by atoms with Crippen LogP contribution in [0.1, 0.15) is 32.6 Å². The van der Waals surface area contributed by atoms with Crippen LogP contribution in [0.15, 0.2) is 64.3 Å². The number of cyclic esters (lactones) is 1. The van der Waals surface area contributed by atoms with Gasteiger partial charge in [0.2, 0.25) is 0 Å². The first-order valence-electron chi connectivity index (χ1n) is 8.45. The Hall–Kier alpha value is -1.56. The van der Waals surface area contributed by atoms with Gasteiger partial charge < -0.3 is 0 Å². The molecule has 3 heteroatoms. The topological polar surface area (TPSA) is 26.3 Å². The monoisotopic (exact) mass is 436 g/mol. The Morgan fingerprint density at radius 1 is 1.21 bits per heavy atom. The van der Waals surface area contributed by atoms with Crippen LogP contribution in [0.25, 0.3) is 10.8 Å². The molecule has 0 fully saturated rings. The van der Waals surface area contributed by atoms with Crippen LogP contribution in [0.4, 0.5) is 0 Å². The minimum atomic E-state index is -0.649. The van der Waals surface area contributed by atoms with Gasteiger partial charge in [-0.25, -0.2) is 0 Å². The molecule has 0 bridgehead atoms. The van der Waals surface area contributed by atoms with Gasteiger partial charge in [-0.15, -0.1) is 0 Å².